The number of nitrogens with one attached hydrogen (secondary N) is 1. The minimum atomic E-state index is -4.51. The fourth-order valence-electron chi connectivity index (χ4n) is 4.73. The number of rotatable bonds is 3. The standard InChI is InChI=1S/C23H27F3N8O2/c1-13(15-9-16(23(24,25)26)11-17(27)10-15)28-20-18-12-33(22(35)32-5-7-36-8-6-32)4-3-19(18)34-14(2)30-31-21(34)29-20/h9-11,13H,3-8,12,27H2,1-2H3,(H,28,29,31). The number of carbonyl (C=O) groups excluding carboxylic acids is 1. The molecule has 1 fully saturated rings. The lowest BCUT2D eigenvalue weighted by Gasteiger charge is -2.36. The van der Waals surface area contributed by atoms with Crippen molar-refractivity contribution < 1.29 is 22.7 Å². The van der Waals surface area contributed by atoms with E-state index < -0.39 is 17.8 Å². The number of fused-ring (bicyclic) bond motifs is 3. The Kier molecular flexibility index (Phi) is 6.10. The molecule has 10 nitrogen and oxygen atoms in total. The Morgan fingerprint density at radius 2 is 1.89 bits per heavy atom. The fourth-order valence-corrected chi connectivity index (χ4v) is 4.73. The molecule has 5 rings (SSSR count). The average molecular weight is 505 g/mol. The normalized spacial score (nSPS) is 17.2. The summed E-state index contributed by atoms with van der Waals surface area (Å²) in [6.45, 7) is 6.44. The number of aromatic nitrogens is 4. The molecule has 1 saturated heterocycles. The van der Waals surface area contributed by atoms with Crippen LogP contribution in [0.5, 0.6) is 0 Å². The van der Waals surface area contributed by atoms with E-state index in [1.165, 1.54) is 6.07 Å². The Morgan fingerprint density at radius 3 is 2.61 bits per heavy atom. The molecule has 0 saturated carbocycles. The average Bonchev–Trinajstić information content (AvgIpc) is 3.23. The third-order valence-electron chi connectivity index (χ3n) is 6.60. The molecule has 36 heavy (non-hydrogen) atoms. The molecule has 3 N–H and O–H groups in total. The van der Waals surface area contributed by atoms with Crippen LogP contribution in [0.3, 0.4) is 0 Å². The van der Waals surface area contributed by atoms with Crippen LogP contribution in [0.2, 0.25) is 0 Å². The van der Waals surface area contributed by atoms with Gasteiger partial charge >= 0.3 is 12.2 Å². The molecule has 2 aliphatic rings. The minimum Gasteiger partial charge on any atom is -0.399 e. The van der Waals surface area contributed by atoms with Crippen LogP contribution < -0.4 is 11.1 Å². The van der Waals surface area contributed by atoms with Gasteiger partial charge in [-0.15, -0.1) is 10.2 Å². The van der Waals surface area contributed by atoms with Crippen molar-refractivity contribution >= 4 is 23.3 Å². The summed E-state index contributed by atoms with van der Waals surface area (Å²) in [5.41, 5.74) is 7.06. The van der Waals surface area contributed by atoms with Gasteiger partial charge in [0, 0.05) is 43.0 Å². The number of hydrogen-bond donors (Lipinski definition) is 2. The Hall–Kier alpha value is -3.61. The Bertz CT molecular complexity index is 1300. The Labute approximate surface area is 205 Å². The quantitative estimate of drug-likeness (QED) is 0.527. The van der Waals surface area contributed by atoms with E-state index in [0.717, 1.165) is 23.4 Å². The number of carbonyl (C=O) groups is 1. The molecule has 4 heterocycles. The maximum atomic E-state index is 13.4. The van der Waals surface area contributed by atoms with Crippen molar-refractivity contribution in [2.45, 2.75) is 39.0 Å². The van der Waals surface area contributed by atoms with Crippen LogP contribution in [0.4, 0.5) is 29.5 Å². The summed E-state index contributed by atoms with van der Waals surface area (Å²) in [6.07, 6.45) is -3.96. The van der Waals surface area contributed by atoms with Crippen LogP contribution in [0, 0.1) is 6.92 Å². The van der Waals surface area contributed by atoms with Crippen molar-refractivity contribution in [2.75, 3.05) is 43.9 Å². The topological polar surface area (TPSA) is 114 Å². The molecule has 0 spiro atoms. The Balaban J connectivity index is 1.49. The highest BCUT2D eigenvalue weighted by Crippen LogP contribution is 2.34. The largest absolute Gasteiger partial charge is 0.416 e. The summed E-state index contributed by atoms with van der Waals surface area (Å²) in [4.78, 5) is 21.3. The van der Waals surface area contributed by atoms with Crippen molar-refractivity contribution in [3.05, 3.63) is 46.4 Å². The van der Waals surface area contributed by atoms with Gasteiger partial charge in [0.2, 0.25) is 0 Å². The molecule has 192 valence electrons. The fraction of sp³-hybridized carbons (Fsp3) is 0.478. The molecular weight excluding hydrogens is 477 g/mol. The summed E-state index contributed by atoms with van der Waals surface area (Å²) >= 11 is 0. The predicted octanol–water partition coefficient (Wildman–Crippen LogP) is 3.02. The lowest BCUT2D eigenvalue weighted by Crippen LogP contribution is -2.49. The third kappa shape index (κ3) is 4.50. The van der Waals surface area contributed by atoms with Crippen molar-refractivity contribution in [3.63, 3.8) is 0 Å². The molecular formula is C23H27F3N8O2. The second-order valence-electron chi connectivity index (χ2n) is 9.07. The van der Waals surface area contributed by atoms with Crippen LogP contribution in [-0.4, -0.2) is 68.3 Å². The summed E-state index contributed by atoms with van der Waals surface area (Å²) in [5, 5.41) is 11.5. The Morgan fingerprint density at radius 1 is 1.14 bits per heavy atom. The van der Waals surface area contributed by atoms with Crippen LogP contribution >= 0.6 is 0 Å². The molecule has 1 unspecified atom stereocenters. The van der Waals surface area contributed by atoms with Gasteiger partial charge in [-0.1, -0.05) is 0 Å². The van der Waals surface area contributed by atoms with E-state index in [-0.39, 0.29) is 11.7 Å². The van der Waals surface area contributed by atoms with Gasteiger partial charge in [-0.3, -0.25) is 4.40 Å². The third-order valence-corrected chi connectivity index (χ3v) is 6.60. The van der Waals surface area contributed by atoms with Crippen LogP contribution in [0.1, 0.15) is 41.2 Å². The highest BCUT2D eigenvalue weighted by atomic mass is 19.4. The van der Waals surface area contributed by atoms with E-state index >= 15 is 0 Å². The number of alkyl halides is 3. The number of hydrogen-bond acceptors (Lipinski definition) is 7. The number of halogens is 3. The van der Waals surface area contributed by atoms with Crippen molar-refractivity contribution in [1.29, 1.82) is 0 Å². The first-order valence-electron chi connectivity index (χ1n) is 11.7. The summed E-state index contributed by atoms with van der Waals surface area (Å²) in [7, 11) is 0. The maximum absolute atomic E-state index is 13.4. The zero-order valence-corrected chi connectivity index (χ0v) is 20.0. The molecule has 13 heteroatoms. The number of urea groups is 1. The predicted molar refractivity (Wildman–Crippen MR) is 125 cm³/mol. The van der Waals surface area contributed by atoms with E-state index in [9.17, 15) is 18.0 Å². The second kappa shape index (κ2) is 9.12. The monoisotopic (exact) mass is 504 g/mol. The summed E-state index contributed by atoms with van der Waals surface area (Å²) < 4.78 is 47.3. The number of amides is 2. The molecule has 0 radical (unpaired) electrons. The van der Waals surface area contributed by atoms with E-state index in [4.69, 9.17) is 10.5 Å². The van der Waals surface area contributed by atoms with Gasteiger partial charge in [-0.2, -0.15) is 18.2 Å². The summed E-state index contributed by atoms with van der Waals surface area (Å²) in [5.74, 6) is 1.51. The lowest BCUT2D eigenvalue weighted by atomic mass is 10.0. The number of nitrogens with zero attached hydrogens (tertiary/aromatic N) is 6. The zero-order valence-electron chi connectivity index (χ0n) is 20.0. The molecule has 0 bridgehead atoms. The van der Waals surface area contributed by atoms with Gasteiger partial charge in [-0.25, -0.2) is 4.79 Å². The minimum absolute atomic E-state index is 0.0225. The smallest absolute Gasteiger partial charge is 0.399 e. The molecule has 2 amide bonds. The first-order valence-corrected chi connectivity index (χ1v) is 11.7. The first kappa shape index (κ1) is 24.1. The van der Waals surface area contributed by atoms with Gasteiger partial charge in [0.1, 0.15) is 11.6 Å². The molecule has 1 aromatic carbocycles. The SMILES string of the molecule is Cc1nnc2nc(NC(C)c3cc(N)cc(C(F)(F)F)c3)c3c(n12)CCN(C(=O)N1CCOCC1)C3. The maximum Gasteiger partial charge on any atom is 0.416 e. The van der Waals surface area contributed by atoms with Crippen molar-refractivity contribution in [2.24, 2.45) is 0 Å². The van der Waals surface area contributed by atoms with Gasteiger partial charge in [0.05, 0.1) is 31.4 Å². The van der Waals surface area contributed by atoms with Crippen molar-refractivity contribution in [1.82, 2.24) is 29.4 Å². The van der Waals surface area contributed by atoms with Gasteiger partial charge in [0.15, 0.2) is 0 Å². The zero-order chi connectivity index (χ0) is 25.6. The first-order chi connectivity index (χ1) is 17.1. The number of morpholine rings is 1. The lowest BCUT2D eigenvalue weighted by molar-refractivity contribution is -0.137. The molecule has 1 atom stereocenters. The van der Waals surface area contributed by atoms with E-state index in [1.807, 2.05) is 11.3 Å². The molecule has 3 aromatic rings. The van der Waals surface area contributed by atoms with E-state index in [2.05, 4.69) is 20.5 Å². The number of nitrogens with two attached hydrogens (primary N) is 1. The highest BCUT2D eigenvalue weighted by molar-refractivity contribution is 5.75. The molecule has 2 aromatic heterocycles. The van der Waals surface area contributed by atoms with Gasteiger partial charge in [0.25, 0.3) is 5.78 Å². The van der Waals surface area contributed by atoms with Crippen LogP contribution in [0.15, 0.2) is 18.2 Å². The van der Waals surface area contributed by atoms with Gasteiger partial charge < -0.3 is 25.6 Å². The molecule has 0 aliphatic carbocycles. The number of nitrogen functional groups attached to an aromatic ring is 1. The van der Waals surface area contributed by atoms with Crippen molar-refractivity contribution in [3.8, 4) is 0 Å². The van der Waals surface area contributed by atoms with E-state index in [1.54, 1.807) is 16.7 Å². The summed E-state index contributed by atoms with van der Waals surface area (Å²) in [6, 6.07) is 2.87. The number of aryl methyl sites for hydroxylation is 1. The van der Waals surface area contributed by atoms with Gasteiger partial charge in [-0.05, 0) is 37.6 Å². The number of anilines is 2. The second-order valence-corrected chi connectivity index (χ2v) is 9.07. The van der Waals surface area contributed by atoms with Crippen LogP contribution in [-0.2, 0) is 23.9 Å². The highest BCUT2D eigenvalue weighted by Gasteiger charge is 2.33. The number of benzene rings is 1. The van der Waals surface area contributed by atoms with E-state index in [0.29, 0.717) is 68.8 Å². The molecule has 2 aliphatic heterocycles. The number of ether oxygens (including phenoxy) is 1. The van der Waals surface area contributed by atoms with Crippen LogP contribution in [0.25, 0.3) is 5.78 Å².